The first kappa shape index (κ1) is 17.5. The fourth-order valence-electron chi connectivity index (χ4n) is 2.51. The minimum absolute atomic E-state index is 0.0376. The maximum absolute atomic E-state index is 13.0. The van der Waals surface area contributed by atoms with E-state index in [1.165, 1.54) is 11.8 Å². The molecule has 132 valence electrons. The number of aromatic nitrogens is 2. The van der Waals surface area contributed by atoms with E-state index < -0.39 is 28.9 Å². The van der Waals surface area contributed by atoms with E-state index in [4.69, 9.17) is 16.3 Å². The fourth-order valence-corrected chi connectivity index (χ4v) is 2.76. The number of pyridine rings is 2. The Kier molecular flexibility index (Phi) is 4.32. The molecule has 2 aromatic rings. The van der Waals surface area contributed by atoms with Crippen LogP contribution in [0.3, 0.4) is 0 Å². The summed E-state index contributed by atoms with van der Waals surface area (Å²) in [5.74, 6) is -0.589. The second-order valence-corrected chi connectivity index (χ2v) is 5.94. The number of aryl methyl sites for hydroxylation is 1. The number of anilines is 1. The van der Waals surface area contributed by atoms with E-state index in [-0.39, 0.29) is 18.1 Å². The minimum Gasteiger partial charge on any atom is -0.477 e. The Morgan fingerprint density at radius 3 is 2.76 bits per heavy atom. The number of nitrogens with zero attached hydrogens (tertiary/aromatic N) is 3. The summed E-state index contributed by atoms with van der Waals surface area (Å²) < 4.78 is 44.4. The Morgan fingerprint density at radius 1 is 1.40 bits per heavy atom. The van der Waals surface area contributed by atoms with Crippen LogP contribution < -0.4 is 9.64 Å². The van der Waals surface area contributed by atoms with Crippen molar-refractivity contribution in [2.75, 3.05) is 4.90 Å². The maximum atomic E-state index is 13.0. The Hall–Kier alpha value is -2.35. The van der Waals surface area contributed by atoms with Crippen molar-refractivity contribution in [3.8, 4) is 5.75 Å². The van der Waals surface area contributed by atoms with Crippen molar-refractivity contribution in [1.29, 1.82) is 0 Å². The van der Waals surface area contributed by atoms with Crippen molar-refractivity contribution in [3.05, 3.63) is 46.4 Å². The molecule has 0 bridgehead atoms. The number of halogens is 4. The summed E-state index contributed by atoms with van der Waals surface area (Å²) in [6, 6.07) is 4.27. The molecule has 2 aromatic heterocycles. The molecule has 0 saturated heterocycles. The van der Waals surface area contributed by atoms with Gasteiger partial charge in [-0.1, -0.05) is 17.7 Å². The lowest BCUT2D eigenvalue weighted by Crippen LogP contribution is -2.44. The predicted molar refractivity (Wildman–Crippen MR) is 84.5 cm³/mol. The molecule has 0 radical (unpaired) electrons. The first-order valence-electron chi connectivity index (χ1n) is 7.34. The molecule has 9 heteroatoms. The van der Waals surface area contributed by atoms with E-state index >= 15 is 0 Å². The summed E-state index contributed by atoms with van der Waals surface area (Å²) in [5, 5.41) is -0.731. The molecule has 3 rings (SSSR count). The van der Waals surface area contributed by atoms with Crippen molar-refractivity contribution >= 4 is 23.3 Å². The molecule has 1 amide bonds. The van der Waals surface area contributed by atoms with Gasteiger partial charge in [0.2, 0.25) is 0 Å². The minimum atomic E-state index is -4.67. The molecular weight excluding hydrogens is 359 g/mol. The molecule has 25 heavy (non-hydrogen) atoms. The van der Waals surface area contributed by atoms with Crippen molar-refractivity contribution in [2.24, 2.45) is 0 Å². The van der Waals surface area contributed by atoms with E-state index in [1.807, 2.05) is 0 Å². The smallest absolute Gasteiger partial charge is 0.419 e. The highest BCUT2D eigenvalue weighted by atomic mass is 35.5. The van der Waals surface area contributed by atoms with Crippen LogP contribution in [-0.4, -0.2) is 22.0 Å². The Bertz CT molecular complexity index is 842. The lowest BCUT2D eigenvalue weighted by molar-refractivity contribution is -0.137. The zero-order chi connectivity index (χ0) is 18.4. The second kappa shape index (κ2) is 6.18. The first-order valence-corrected chi connectivity index (χ1v) is 7.72. The molecular formula is C16H13ClF3N3O2. The number of rotatable bonds is 2. The van der Waals surface area contributed by atoms with Gasteiger partial charge in [0.15, 0.2) is 17.7 Å². The summed E-state index contributed by atoms with van der Waals surface area (Å²) >= 11 is 5.69. The molecule has 1 aliphatic heterocycles. The van der Waals surface area contributed by atoms with Crippen LogP contribution in [0.4, 0.5) is 19.0 Å². The van der Waals surface area contributed by atoms with Gasteiger partial charge in [0.1, 0.15) is 5.15 Å². The van der Waals surface area contributed by atoms with E-state index in [0.29, 0.717) is 5.69 Å². The molecule has 0 saturated carbocycles. The van der Waals surface area contributed by atoms with Gasteiger partial charge in [0.05, 0.1) is 12.1 Å². The predicted octanol–water partition coefficient (Wildman–Crippen LogP) is 3.77. The van der Waals surface area contributed by atoms with Crippen LogP contribution in [0.2, 0.25) is 5.15 Å². The van der Waals surface area contributed by atoms with Crippen LogP contribution >= 0.6 is 11.6 Å². The van der Waals surface area contributed by atoms with Gasteiger partial charge < -0.3 is 4.74 Å². The molecule has 0 fully saturated rings. The Balaban J connectivity index is 2.08. The highest BCUT2D eigenvalue weighted by molar-refractivity contribution is 6.30. The molecule has 0 aliphatic carbocycles. The first-order chi connectivity index (χ1) is 11.7. The van der Waals surface area contributed by atoms with Crippen molar-refractivity contribution in [3.63, 3.8) is 0 Å². The number of fused-ring (bicyclic) bond motifs is 1. The zero-order valence-electron chi connectivity index (χ0n) is 13.3. The van der Waals surface area contributed by atoms with Crippen molar-refractivity contribution in [1.82, 2.24) is 9.97 Å². The summed E-state index contributed by atoms with van der Waals surface area (Å²) in [7, 11) is 0. The quantitative estimate of drug-likeness (QED) is 0.754. The Labute approximate surface area is 146 Å². The summed E-state index contributed by atoms with van der Waals surface area (Å²) in [6.45, 7) is 3.35. The van der Waals surface area contributed by atoms with E-state index in [0.717, 1.165) is 11.6 Å². The monoisotopic (exact) mass is 371 g/mol. The number of alkyl halides is 3. The maximum Gasteiger partial charge on any atom is 0.419 e. The van der Waals surface area contributed by atoms with Crippen LogP contribution in [-0.2, 0) is 17.5 Å². The fraction of sp³-hybridized carbons (Fsp3) is 0.312. The SMILES string of the molecule is Cc1ncccc1CN1C(=O)[C@@H](C)Oc2cc(C(F)(F)F)c(Cl)nc21. The van der Waals surface area contributed by atoms with E-state index in [2.05, 4.69) is 9.97 Å². The number of ether oxygens (including phenoxy) is 1. The normalized spacial score (nSPS) is 17.3. The second-order valence-electron chi connectivity index (χ2n) is 5.58. The number of hydrogen-bond acceptors (Lipinski definition) is 4. The van der Waals surface area contributed by atoms with Crippen molar-refractivity contribution in [2.45, 2.75) is 32.7 Å². The third kappa shape index (κ3) is 3.26. The summed E-state index contributed by atoms with van der Waals surface area (Å²) in [6.07, 6.45) is -3.99. The molecule has 3 heterocycles. The topological polar surface area (TPSA) is 55.3 Å². The van der Waals surface area contributed by atoms with Gasteiger partial charge in [-0.3, -0.25) is 14.7 Å². The highest BCUT2D eigenvalue weighted by Gasteiger charge is 2.39. The average molecular weight is 372 g/mol. The number of hydrogen-bond donors (Lipinski definition) is 0. The Morgan fingerprint density at radius 2 is 2.12 bits per heavy atom. The summed E-state index contributed by atoms with van der Waals surface area (Å²) in [4.78, 5) is 21.7. The van der Waals surface area contributed by atoms with Crippen molar-refractivity contribution < 1.29 is 22.7 Å². The zero-order valence-corrected chi connectivity index (χ0v) is 14.0. The van der Waals surface area contributed by atoms with Crippen LogP contribution in [0.5, 0.6) is 5.75 Å². The standard InChI is InChI=1S/C16H13ClF3N3O2/c1-8-10(4-3-5-21-8)7-23-14-12(25-9(2)15(23)24)6-11(13(17)22-14)16(18,19)20/h3-6,9H,7H2,1-2H3/t9-/m1/s1. The van der Waals surface area contributed by atoms with Gasteiger partial charge in [0, 0.05) is 11.9 Å². The molecule has 1 aliphatic rings. The summed E-state index contributed by atoms with van der Waals surface area (Å²) in [5.41, 5.74) is 0.342. The largest absolute Gasteiger partial charge is 0.477 e. The number of amides is 1. The van der Waals surface area contributed by atoms with Crippen LogP contribution in [0.1, 0.15) is 23.7 Å². The molecule has 0 N–H and O–H groups in total. The molecule has 0 spiro atoms. The van der Waals surface area contributed by atoms with Gasteiger partial charge in [-0.15, -0.1) is 0 Å². The average Bonchev–Trinajstić information content (AvgIpc) is 2.53. The van der Waals surface area contributed by atoms with E-state index in [9.17, 15) is 18.0 Å². The van der Waals surface area contributed by atoms with Gasteiger partial charge in [-0.05, 0) is 31.5 Å². The van der Waals surface area contributed by atoms with Gasteiger partial charge in [0.25, 0.3) is 5.91 Å². The lowest BCUT2D eigenvalue weighted by atomic mass is 10.1. The third-order valence-electron chi connectivity index (χ3n) is 3.85. The van der Waals surface area contributed by atoms with Crippen LogP contribution in [0.15, 0.2) is 24.4 Å². The molecule has 1 atom stereocenters. The van der Waals surface area contributed by atoms with Gasteiger partial charge in [-0.25, -0.2) is 4.98 Å². The highest BCUT2D eigenvalue weighted by Crippen LogP contribution is 2.42. The lowest BCUT2D eigenvalue weighted by Gasteiger charge is -2.32. The van der Waals surface area contributed by atoms with Gasteiger partial charge in [-0.2, -0.15) is 13.2 Å². The number of carbonyl (C=O) groups is 1. The molecule has 5 nitrogen and oxygen atoms in total. The third-order valence-corrected chi connectivity index (χ3v) is 4.13. The van der Waals surface area contributed by atoms with Crippen LogP contribution in [0.25, 0.3) is 0 Å². The molecule has 0 aromatic carbocycles. The van der Waals surface area contributed by atoms with Gasteiger partial charge >= 0.3 is 6.18 Å². The van der Waals surface area contributed by atoms with E-state index in [1.54, 1.807) is 25.3 Å². The molecule has 0 unspecified atom stereocenters. The van der Waals surface area contributed by atoms with Crippen LogP contribution in [0, 0.1) is 6.92 Å². The number of carbonyl (C=O) groups excluding carboxylic acids is 1.